The fourth-order valence-electron chi connectivity index (χ4n) is 0.847. The summed E-state index contributed by atoms with van der Waals surface area (Å²) < 4.78 is 4.95. The molecular weight excluding hydrogens is 313 g/mol. The van der Waals surface area contributed by atoms with Crippen molar-refractivity contribution in [3.63, 3.8) is 0 Å². The van der Waals surface area contributed by atoms with Crippen LogP contribution in [-0.2, 0) is 4.74 Å². The minimum absolute atomic E-state index is 0. The van der Waals surface area contributed by atoms with Gasteiger partial charge in [-0.1, -0.05) is 0 Å². The summed E-state index contributed by atoms with van der Waals surface area (Å²) in [5, 5.41) is 3.03. The van der Waals surface area contributed by atoms with Gasteiger partial charge in [0.1, 0.15) is 0 Å². The van der Waals surface area contributed by atoms with Crippen LogP contribution >= 0.6 is 35.7 Å². The Balaban J connectivity index is 0. The van der Waals surface area contributed by atoms with Crippen LogP contribution in [-0.4, -0.2) is 44.3 Å². The van der Waals surface area contributed by atoms with Gasteiger partial charge in [-0.15, -0.1) is 24.0 Å². The van der Waals surface area contributed by atoms with Crippen molar-refractivity contribution in [3.8, 4) is 0 Å². The molecule has 0 spiro atoms. The van der Waals surface area contributed by atoms with E-state index in [1.54, 1.807) is 18.9 Å². The minimum Gasteiger partial charge on any atom is -0.383 e. The minimum atomic E-state index is 0. The van der Waals surface area contributed by atoms with Gasteiger partial charge in [0, 0.05) is 18.9 Å². The molecule has 0 aliphatic heterocycles. The number of hydrogen-bond donors (Lipinski definition) is 2. The fourth-order valence-corrected chi connectivity index (χ4v) is 1.12. The molecule has 0 saturated heterocycles. The summed E-state index contributed by atoms with van der Waals surface area (Å²) >= 11 is 1.76. The lowest BCUT2D eigenvalue weighted by molar-refractivity contribution is 0.179. The quantitative estimate of drug-likeness (QED) is 0.328. The van der Waals surface area contributed by atoms with Crippen molar-refractivity contribution in [1.82, 2.24) is 5.32 Å². The normalized spacial score (nSPS) is 13.2. The molecule has 3 N–H and O–H groups in total. The molecule has 0 aliphatic rings. The zero-order chi connectivity index (χ0) is 10.1. The number of halogens is 1. The van der Waals surface area contributed by atoms with E-state index in [1.165, 1.54) is 0 Å². The molecule has 0 heterocycles. The third-order valence-corrected chi connectivity index (χ3v) is 1.98. The van der Waals surface area contributed by atoms with Gasteiger partial charge in [0.2, 0.25) is 0 Å². The highest BCUT2D eigenvalue weighted by molar-refractivity contribution is 14.0. The second-order valence-electron chi connectivity index (χ2n) is 2.76. The van der Waals surface area contributed by atoms with Gasteiger partial charge in [0.05, 0.1) is 13.2 Å². The highest BCUT2D eigenvalue weighted by Gasteiger charge is 2.00. The average molecular weight is 333 g/mol. The Morgan fingerprint density at radius 3 is 2.79 bits per heavy atom. The highest BCUT2D eigenvalue weighted by Crippen LogP contribution is 1.89. The van der Waals surface area contributed by atoms with E-state index in [9.17, 15) is 0 Å². The molecule has 6 heteroatoms. The van der Waals surface area contributed by atoms with Crippen LogP contribution in [0.3, 0.4) is 0 Å². The van der Waals surface area contributed by atoms with Gasteiger partial charge in [-0.05, 0) is 13.2 Å². The summed E-state index contributed by atoms with van der Waals surface area (Å²) in [4.78, 5) is 4.14. The van der Waals surface area contributed by atoms with Crippen molar-refractivity contribution < 1.29 is 4.74 Å². The molecule has 0 radical (unpaired) electrons. The summed E-state index contributed by atoms with van der Waals surface area (Å²) in [6, 6.07) is 0.211. The lowest BCUT2D eigenvalue weighted by Gasteiger charge is -2.12. The molecule has 1 unspecified atom stereocenters. The summed E-state index contributed by atoms with van der Waals surface area (Å²) in [5.41, 5.74) is 5.62. The van der Waals surface area contributed by atoms with Gasteiger partial charge in [-0.25, -0.2) is 0 Å². The van der Waals surface area contributed by atoms with Crippen molar-refractivity contribution in [2.45, 2.75) is 13.0 Å². The number of ether oxygens (including phenoxy) is 1. The number of thioether (sulfide) groups is 1. The Morgan fingerprint density at radius 1 is 1.64 bits per heavy atom. The third kappa shape index (κ3) is 10.4. The Labute approximate surface area is 107 Å². The van der Waals surface area contributed by atoms with E-state index in [2.05, 4.69) is 10.3 Å². The van der Waals surface area contributed by atoms with Gasteiger partial charge in [0.15, 0.2) is 5.96 Å². The van der Waals surface area contributed by atoms with E-state index < -0.39 is 0 Å². The number of nitrogens with zero attached hydrogens (tertiary/aromatic N) is 1. The molecule has 1 atom stereocenters. The van der Waals surface area contributed by atoms with Crippen LogP contribution in [0.25, 0.3) is 0 Å². The van der Waals surface area contributed by atoms with Crippen molar-refractivity contribution in [3.05, 3.63) is 0 Å². The van der Waals surface area contributed by atoms with Crippen LogP contribution in [0, 0.1) is 0 Å². The zero-order valence-electron chi connectivity index (χ0n) is 8.95. The predicted octanol–water partition coefficient (Wildman–Crippen LogP) is 0.907. The number of hydrogen-bond acceptors (Lipinski definition) is 3. The summed E-state index contributed by atoms with van der Waals surface area (Å²) in [6.07, 6.45) is 2.05. The molecule has 0 saturated carbocycles. The molecular formula is C8H20IN3OS. The van der Waals surface area contributed by atoms with Crippen LogP contribution in [0.2, 0.25) is 0 Å². The molecule has 0 fully saturated rings. The van der Waals surface area contributed by atoms with Crippen molar-refractivity contribution in [1.29, 1.82) is 0 Å². The number of methoxy groups -OCH3 is 1. The van der Waals surface area contributed by atoms with Crippen molar-refractivity contribution in [2.75, 3.05) is 32.3 Å². The standard InChI is InChI=1S/C8H19N3OS.HI/c1-7(6-12-2)11-8(9)10-4-5-13-3;/h7H,4-6H2,1-3H3,(H3,9,10,11);1H. The molecule has 0 rings (SSSR count). The van der Waals surface area contributed by atoms with Gasteiger partial charge >= 0.3 is 0 Å². The SMILES string of the molecule is COCC(C)NC(N)=NCCSC.I. The largest absolute Gasteiger partial charge is 0.383 e. The van der Waals surface area contributed by atoms with Gasteiger partial charge in [-0.2, -0.15) is 11.8 Å². The van der Waals surface area contributed by atoms with E-state index in [0.29, 0.717) is 12.6 Å². The fraction of sp³-hybridized carbons (Fsp3) is 0.875. The summed E-state index contributed by atoms with van der Waals surface area (Å²) in [5.74, 6) is 1.50. The van der Waals surface area contributed by atoms with E-state index in [1.807, 2.05) is 13.2 Å². The van der Waals surface area contributed by atoms with Crippen LogP contribution in [0.4, 0.5) is 0 Å². The van der Waals surface area contributed by atoms with Crippen molar-refractivity contribution >= 4 is 41.7 Å². The first-order valence-electron chi connectivity index (χ1n) is 4.25. The van der Waals surface area contributed by atoms with Gasteiger partial charge in [0.25, 0.3) is 0 Å². The van der Waals surface area contributed by atoms with E-state index >= 15 is 0 Å². The van der Waals surface area contributed by atoms with E-state index in [0.717, 1.165) is 12.3 Å². The smallest absolute Gasteiger partial charge is 0.188 e. The first kappa shape index (κ1) is 16.7. The molecule has 4 nitrogen and oxygen atoms in total. The monoisotopic (exact) mass is 333 g/mol. The molecule has 0 aliphatic carbocycles. The predicted molar refractivity (Wildman–Crippen MR) is 74.8 cm³/mol. The number of rotatable bonds is 6. The zero-order valence-corrected chi connectivity index (χ0v) is 12.1. The number of nitrogens with two attached hydrogens (primary N) is 1. The maximum atomic E-state index is 5.62. The maximum absolute atomic E-state index is 5.62. The lowest BCUT2D eigenvalue weighted by atomic mass is 10.4. The van der Waals surface area contributed by atoms with E-state index in [4.69, 9.17) is 10.5 Å². The van der Waals surface area contributed by atoms with E-state index in [-0.39, 0.29) is 30.0 Å². The molecule has 14 heavy (non-hydrogen) atoms. The van der Waals surface area contributed by atoms with Gasteiger partial charge in [-0.3, -0.25) is 4.99 Å². The Bertz CT molecular complexity index is 158. The third-order valence-electron chi connectivity index (χ3n) is 1.39. The van der Waals surface area contributed by atoms with Gasteiger partial charge < -0.3 is 15.8 Å². The van der Waals surface area contributed by atoms with Crippen LogP contribution in [0.5, 0.6) is 0 Å². The molecule has 86 valence electrons. The lowest BCUT2D eigenvalue weighted by Crippen LogP contribution is -2.40. The molecule has 0 aromatic rings. The van der Waals surface area contributed by atoms with Crippen LogP contribution in [0.1, 0.15) is 6.92 Å². The highest BCUT2D eigenvalue weighted by atomic mass is 127. The van der Waals surface area contributed by atoms with Crippen molar-refractivity contribution in [2.24, 2.45) is 10.7 Å². The van der Waals surface area contributed by atoms with Crippen LogP contribution < -0.4 is 11.1 Å². The van der Waals surface area contributed by atoms with Crippen LogP contribution in [0.15, 0.2) is 4.99 Å². The number of guanidine groups is 1. The maximum Gasteiger partial charge on any atom is 0.188 e. The Morgan fingerprint density at radius 2 is 2.29 bits per heavy atom. The summed E-state index contributed by atoms with van der Waals surface area (Å²) in [6.45, 7) is 3.40. The Kier molecular flexibility index (Phi) is 13.6. The molecule has 0 bridgehead atoms. The average Bonchev–Trinajstić information content (AvgIpc) is 2.05. The molecule has 0 aromatic heterocycles. The first-order chi connectivity index (χ1) is 6.20. The molecule has 0 aromatic carbocycles. The second kappa shape index (κ2) is 11.4. The summed E-state index contributed by atoms with van der Waals surface area (Å²) in [7, 11) is 1.67. The topological polar surface area (TPSA) is 59.6 Å². The number of nitrogens with one attached hydrogen (secondary N) is 1. The molecule has 0 amide bonds. The Hall–Kier alpha value is 0.310. The second-order valence-corrected chi connectivity index (χ2v) is 3.75. The number of aliphatic imine (C=N–C) groups is 1. The first-order valence-corrected chi connectivity index (χ1v) is 5.64.